The highest BCUT2D eigenvalue weighted by Crippen LogP contribution is 2.41. The fraction of sp³-hybridized carbons (Fsp3) is 0.667. The van der Waals surface area contributed by atoms with Gasteiger partial charge in [0.25, 0.3) is 0 Å². The molecule has 4 nitrogen and oxygen atoms in total. The molecule has 2 atom stereocenters. The molecule has 0 aliphatic heterocycles. The Morgan fingerprint density at radius 3 is 2.62 bits per heavy atom. The van der Waals surface area contributed by atoms with Crippen LogP contribution in [0, 0.1) is 12.8 Å². The van der Waals surface area contributed by atoms with E-state index in [2.05, 4.69) is 9.97 Å². The fourth-order valence-corrected chi connectivity index (χ4v) is 1.99. The minimum absolute atomic E-state index is 0.0176. The van der Waals surface area contributed by atoms with E-state index in [1.165, 1.54) is 12.8 Å². The van der Waals surface area contributed by atoms with Crippen LogP contribution in [0.3, 0.4) is 0 Å². The summed E-state index contributed by atoms with van der Waals surface area (Å²) < 4.78 is 5.46. The maximum Gasteiger partial charge on any atom is 0.157 e. The molecule has 1 unspecified atom stereocenters. The highest BCUT2D eigenvalue weighted by atomic mass is 16.5. The van der Waals surface area contributed by atoms with Gasteiger partial charge >= 0.3 is 0 Å². The SMILES string of the molecule is COC(c1ncc([C@H](C)N)c(C)n1)C1CC1. The quantitative estimate of drug-likeness (QED) is 0.843. The molecule has 1 saturated carbocycles. The maximum atomic E-state index is 5.83. The molecule has 2 N–H and O–H groups in total. The van der Waals surface area contributed by atoms with Crippen LogP contribution in [0.5, 0.6) is 0 Å². The third-order valence-electron chi connectivity index (χ3n) is 3.09. The van der Waals surface area contributed by atoms with E-state index in [1.54, 1.807) is 7.11 Å². The Balaban J connectivity index is 2.25. The molecule has 1 aliphatic carbocycles. The zero-order chi connectivity index (χ0) is 11.7. The van der Waals surface area contributed by atoms with E-state index in [-0.39, 0.29) is 12.1 Å². The summed E-state index contributed by atoms with van der Waals surface area (Å²) in [4.78, 5) is 8.89. The van der Waals surface area contributed by atoms with Crippen molar-refractivity contribution in [3.8, 4) is 0 Å². The number of aryl methyl sites for hydroxylation is 1. The summed E-state index contributed by atoms with van der Waals surface area (Å²) in [6.45, 7) is 3.92. The van der Waals surface area contributed by atoms with Crippen molar-refractivity contribution < 1.29 is 4.74 Å². The second-order valence-corrected chi connectivity index (χ2v) is 4.55. The van der Waals surface area contributed by atoms with Crippen molar-refractivity contribution in [3.05, 3.63) is 23.3 Å². The lowest BCUT2D eigenvalue weighted by Gasteiger charge is -2.15. The monoisotopic (exact) mass is 221 g/mol. The van der Waals surface area contributed by atoms with Crippen LogP contribution in [-0.4, -0.2) is 17.1 Å². The lowest BCUT2D eigenvalue weighted by atomic mass is 10.1. The molecule has 1 heterocycles. The first-order valence-corrected chi connectivity index (χ1v) is 5.75. The molecule has 16 heavy (non-hydrogen) atoms. The van der Waals surface area contributed by atoms with Crippen molar-refractivity contribution >= 4 is 0 Å². The Kier molecular flexibility index (Phi) is 3.21. The Morgan fingerprint density at radius 1 is 1.50 bits per heavy atom. The van der Waals surface area contributed by atoms with Gasteiger partial charge in [0.2, 0.25) is 0 Å². The van der Waals surface area contributed by atoms with Crippen molar-refractivity contribution in [2.45, 2.75) is 38.8 Å². The number of rotatable bonds is 4. The van der Waals surface area contributed by atoms with Crippen LogP contribution >= 0.6 is 0 Å². The molecule has 1 aromatic rings. The van der Waals surface area contributed by atoms with Gasteiger partial charge in [-0.1, -0.05) is 0 Å². The first-order chi connectivity index (χ1) is 7.63. The molecule has 88 valence electrons. The largest absolute Gasteiger partial charge is 0.373 e. The van der Waals surface area contributed by atoms with Gasteiger partial charge in [0.05, 0.1) is 0 Å². The molecular formula is C12H19N3O. The summed E-state index contributed by atoms with van der Waals surface area (Å²) in [5, 5.41) is 0. The van der Waals surface area contributed by atoms with Crippen molar-refractivity contribution in [2.75, 3.05) is 7.11 Å². The van der Waals surface area contributed by atoms with Crippen LogP contribution in [0.15, 0.2) is 6.20 Å². The minimum Gasteiger partial charge on any atom is -0.373 e. The third kappa shape index (κ3) is 2.23. The highest BCUT2D eigenvalue weighted by Gasteiger charge is 2.34. The molecule has 0 aromatic carbocycles. The van der Waals surface area contributed by atoms with E-state index in [1.807, 2.05) is 20.0 Å². The number of hydrogen-bond donors (Lipinski definition) is 1. The molecule has 1 aromatic heterocycles. The molecule has 0 radical (unpaired) electrons. The lowest BCUT2D eigenvalue weighted by Crippen LogP contribution is -2.14. The van der Waals surface area contributed by atoms with Gasteiger partial charge in [0, 0.05) is 30.6 Å². The van der Waals surface area contributed by atoms with E-state index in [0.29, 0.717) is 5.92 Å². The van der Waals surface area contributed by atoms with Gasteiger partial charge in [-0.05, 0) is 32.6 Å². The van der Waals surface area contributed by atoms with E-state index in [4.69, 9.17) is 10.5 Å². The predicted molar refractivity (Wildman–Crippen MR) is 61.8 cm³/mol. The van der Waals surface area contributed by atoms with Gasteiger partial charge < -0.3 is 10.5 Å². The standard InChI is InChI=1S/C12H19N3O/c1-7(13)10-6-14-12(15-8(10)2)11(16-3)9-4-5-9/h6-7,9,11H,4-5,13H2,1-3H3/t7-,11?/m0/s1. The van der Waals surface area contributed by atoms with Gasteiger partial charge in [-0.25, -0.2) is 9.97 Å². The Labute approximate surface area is 96.2 Å². The topological polar surface area (TPSA) is 61.0 Å². The van der Waals surface area contributed by atoms with Gasteiger partial charge in [0.1, 0.15) is 6.10 Å². The van der Waals surface area contributed by atoms with Gasteiger partial charge in [0.15, 0.2) is 5.82 Å². The zero-order valence-electron chi connectivity index (χ0n) is 10.1. The van der Waals surface area contributed by atoms with Crippen molar-refractivity contribution in [3.63, 3.8) is 0 Å². The van der Waals surface area contributed by atoms with Crippen LogP contribution in [-0.2, 0) is 4.74 Å². The Bertz CT molecular complexity index is 375. The summed E-state index contributed by atoms with van der Waals surface area (Å²) >= 11 is 0. The van der Waals surface area contributed by atoms with E-state index in [0.717, 1.165) is 17.1 Å². The average Bonchev–Trinajstić information content (AvgIpc) is 3.02. The lowest BCUT2D eigenvalue weighted by molar-refractivity contribution is 0.0770. The highest BCUT2D eigenvalue weighted by molar-refractivity contribution is 5.20. The van der Waals surface area contributed by atoms with Crippen LogP contribution in [0.1, 0.15) is 49.0 Å². The van der Waals surface area contributed by atoms with E-state index in [9.17, 15) is 0 Å². The maximum absolute atomic E-state index is 5.83. The molecule has 0 saturated heterocycles. The van der Waals surface area contributed by atoms with Crippen molar-refractivity contribution in [2.24, 2.45) is 11.7 Å². The molecule has 4 heteroatoms. The van der Waals surface area contributed by atoms with Gasteiger partial charge in [-0.15, -0.1) is 0 Å². The summed E-state index contributed by atoms with van der Waals surface area (Å²) in [6.07, 6.45) is 4.32. The number of nitrogens with two attached hydrogens (primary N) is 1. The number of hydrogen-bond acceptors (Lipinski definition) is 4. The molecular weight excluding hydrogens is 202 g/mol. The normalized spacial score (nSPS) is 19.5. The van der Waals surface area contributed by atoms with Crippen LogP contribution in [0.4, 0.5) is 0 Å². The fourth-order valence-electron chi connectivity index (χ4n) is 1.99. The second kappa shape index (κ2) is 4.47. The first-order valence-electron chi connectivity index (χ1n) is 5.75. The molecule has 1 aliphatic rings. The molecule has 0 amide bonds. The molecule has 0 bridgehead atoms. The molecule has 0 spiro atoms. The van der Waals surface area contributed by atoms with Gasteiger partial charge in [-0.2, -0.15) is 0 Å². The van der Waals surface area contributed by atoms with E-state index < -0.39 is 0 Å². The number of aromatic nitrogens is 2. The smallest absolute Gasteiger partial charge is 0.157 e. The van der Waals surface area contributed by atoms with Crippen LogP contribution < -0.4 is 5.73 Å². The summed E-state index contributed by atoms with van der Waals surface area (Å²) in [6, 6.07) is -0.0176. The minimum atomic E-state index is -0.0176. The Morgan fingerprint density at radius 2 is 2.19 bits per heavy atom. The number of ether oxygens (including phenoxy) is 1. The third-order valence-corrected chi connectivity index (χ3v) is 3.09. The number of nitrogens with zero attached hydrogens (tertiary/aromatic N) is 2. The van der Waals surface area contributed by atoms with Crippen LogP contribution in [0.2, 0.25) is 0 Å². The summed E-state index contributed by atoms with van der Waals surface area (Å²) in [5.74, 6) is 1.40. The summed E-state index contributed by atoms with van der Waals surface area (Å²) in [7, 11) is 1.72. The van der Waals surface area contributed by atoms with Gasteiger partial charge in [-0.3, -0.25) is 0 Å². The summed E-state index contributed by atoms with van der Waals surface area (Å²) in [5.41, 5.74) is 7.80. The first kappa shape index (κ1) is 11.5. The van der Waals surface area contributed by atoms with E-state index >= 15 is 0 Å². The van der Waals surface area contributed by atoms with Crippen molar-refractivity contribution in [1.29, 1.82) is 0 Å². The van der Waals surface area contributed by atoms with Crippen LogP contribution in [0.25, 0.3) is 0 Å². The molecule has 1 fully saturated rings. The molecule has 2 rings (SSSR count). The Hall–Kier alpha value is -1.00. The van der Waals surface area contributed by atoms with Crippen molar-refractivity contribution in [1.82, 2.24) is 9.97 Å². The number of methoxy groups -OCH3 is 1. The predicted octanol–water partition coefficient (Wildman–Crippen LogP) is 1.90. The second-order valence-electron chi connectivity index (χ2n) is 4.55. The zero-order valence-corrected chi connectivity index (χ0v) is 10.1. The average molecular weight is 221 g/mol.